The highest BCUT2D eigenvalue weighted by molar-refractivity contribution is 5.86. The Morgan fingerprint density at radius 2 is 1.73 bits per heavy atom. The average Bonchev–Trinajstić information content (AvgIpc) is 2.47. The summed E-state index contributed by atoms with van der Waals surface area (Å²) in [4.78, 5) is 23.1. The molecule has 1 fully saturated rings. The molecule has 0 aromatic carbocycles. The van der Waals surface area contributed by atoms with Gasteiger partial charge in [-0.2, -0.15) is 0 Å². The van der Waals surface area contributed by atoms with E-state index in [0.29, 0.717) is 19.4 Å². The van der Waals surface area contributed by atoms with Crippen molar-refractivity contribution in [2.45, 2.75) is 56.0 Å². The van der Waals surface area contributed by atoms with Crippen LogP contribution in [-0.4, -0.2) is 80.7 Å². The lowest BCUT2D eigenvalue weighted by Gasteiger charge is -2.37. The fraction of sp³-hybridized carbons (Fsp3) is 0.833. The van der Waals surface area contributed by atoms with Crippen LogP contribution in [0.2, 0.25) is 0 Å². The summed E-state index contributed by atoms with van der Waals surface area (Å²) in [5.41, 5.74) is 5.30. The van der Waals surface area contributed by atoms with E-state index in [1.54, 1.807) is 0 Å². The van der Waals surface area contributed by atoms with E-state index >= 15 is 0 Å². The molecule has 0 bridgehead atoms. The summed E-state index contributed by atoms with van der Waals surface area (Å²) in [6.07, 6.45) is -7.71. The number of hydrogen-bond donors (Lipinski definition) is 7. The molecule has 1 saturated heterocycles. The number of nitrogens with two attached hydrogens (primary N) is 1. The van der Waals surface area contributed by atoms with E-state index in [9.17, 15) is 30.0 Å². The summed E-state index contributed by atoms with van der Waals surface area (Å²) in [5, 5.41) is 49.1. The van der Waals surface area contributed by atoms with Crippen molar-refractivity contribution in [1.29, 1.82) is 0 Å². The van der Waals surface area contributed by atoms with Crippen molar-refractivity contribution in [2.24, 2.45) is 5.73 Å². The molecule has 10 heteroatoms. The van der Waals surface area contributed by atoms with Crippen molar-refractivity contribution >= 4 is 11.9 Å². The fourth-order valence-electron chi connectivity index (χ4n) is 2.08. The molecule has 1 rings (SSSR count). The average molecular weight is 322 g/mol. The van der Waals surface area contributed by atoms with Gasteiger partial charge in [-0.1, -0.05) is 0 Å². The molecule has 1 aliphatic rings. The first-order valence-electron chi connectivity index (χ1n) is 6.90. The first-order chi connectivity index (χ1) is 10.3. The third-order valence-electron chi connectivity index (χ3n) is 3.41. The van der Waals surface area contributed by atoms with Gasteiger partial charge in [-0.25, -0.2) is 4.79 Å². The fourth-order valence-corrected chi connectivity index (χ4v) is 2.08. The number of carbonyl (C=O) groups is 2. The molecule has 8 N–H and O–H groups in total. The Labute approximate surface area is 126 Å². The summed E-state index contributed by atoms with van der Waals surface area (Å²) < 4.78 is 4.72. The van der Waals surface area contributed by atoms with Crippen LogP contribution >= 0.6 is 0 Å². The van der Waals surface area contributed by atoms with Gasteiger partial charge < -0.3 is 41.3 Å². The molecular weight excluding hydrogens is 300 g/mol. The van der Waals surface area contributed by atoms with Crippen LogP contribution in [0.15, 0.2) is 0 Å². The van der Waals surface area contributed by atoms with Crippen molar-refractivity contribution < 1.29 is 39.9 Å². The number of aliphatic hydroxyl groups excluding tert-OH is 4. The van der Waals surface area contributed by atoms with Gasteiger partial charge in [0.2, 0.25) is 0 Å². The van der Waals surface area contributed by atoms with Crippen molar-refractivity contribution in [3.8, 4) is 0 Å². The van der Waals surface area contributed by atoms with Gasteiger partial charge in [-0.05, 0) is 25.8 Å². The second-order valence-corrected chi connectivity index (χ2v) is 5.10. The molecule has 1 amide bonds. The molecule has 6 atom stereocenters. The van der Waals surface area contributed by atoms with Gasteiger partial charge in [-0.15, -0.1) is 0 Å². The minimum absolute atomic E-state index is 0.134. The van der Waals surface area contributed by atoms with E-state index in [1.807, 2.05) is 0 Å². The third-order valence-corrected chi connectivity index (χ3v) is 3.41. The highest BCUT2D eigenvalue weighted by atomic mass is 16.6. The van der Waals surface area contributed by atoms with Crippen LogP contribution in [0.4, 0.5) is 0 Å². The number of unbranched alkanes of at least 4 members (excludes halogenated alkanes) is 1. The molecule has 128 valence electrons. The number of aliphatic carboxylic acids is 1. The van der Waals surface area contributed by atoms with E-state index < -0.39 is 48.6 Å². The molecule has 0 spiro atoms. The number of aliphatic hydroxyl groups is 4. The number of nitrogens with one attached hydrogen (secondary N) is 1. The highest BCUT2D eigenvalue weighted by Gasteiger charge is 2.46. The van der Waals surface area contributed by atoms with Crippen LogP contribution in [-0.2, 0) is 14.3 Å². The Balaban J connectivity index is 2.66. The molecule has 0 aromatic rings. The maximum atomic E-state index is 12.0. The number of ether oxygens (including phenoxy) is 1. The van der Waals surface area contributed by atoms with E-state index in [0.717, 1.165) is 0 Å². The topological polar surface area (TPSA) is 183 Å². The minimum Gasteiger partial charge on any atom is -0.480 e. The Bertz CT molecular complexity index is 393. The lowest BCUT2D eigenvalue weighted by atomic mass is 9.98. The predicted octanol–water partition coefficient (Wildman–Crippen LogP) is -3.52. The number of carbonyl (C=O) groups excluding carboxylic acids is 1. The van der Waals surface area contributed by atoms with Gasteiger partial charge in [0.25, 0.3) is 5.91 Å². The van der Waals surface area contributed by atoms with E-state index in [4.69, 9.17) is 15.6 Å². The third kappa shape index (κ3) is 4.60. The van der Waals surface area contributed by atoms with Crippen molar-refractivity contribution in [3.63, 3.8) is 0 Å². The van der Waals surface area contributed by atoms with Crippen LogP contribution < -0.4 is 11.1 Å². The number of carboxylic acids is 1. The maximum Gasteiger partial charge on any atom is 0.326 e. The van der Waals surface area contributed by atoms with Crippen LogP contribution in [0.3, 0.4) is 0 Å². The van der Waals surface area contributed by atoms with Crippen LogP contribution in [0, 0.1) is 0 Å². The number of amides is 1. The van der Waals surface area contributed by atoms with Crippen LogP contribution in [0.5, 0.6) is 0 Å². The molecule has 0 radical (unpaired) electrons. The Hall–Kier alpha value is -1.30. The van der Waals surface area contributed by atoms with Crippen molar-refractivity contribution in [1.82, 2.24) is 5.32 Å². The first kappa shape index (κ1) is 18.7. The van der Waals surface area contributed by atoms with Gasteiger partial charge in [0, 0.05) is 0 Å². The van der Waals surface area contributed by atoms with Crippen LogP contribution in [0.25, 0.3) is 0 Å². The van der Waals surface area contributed by atoms with E-state index in [1.165, 1.54) is 0 Å². The summed E-state index contributed by atoms with van der Waals surface area (Å²) in [6, 6.07) is -1.21. The quantitative estimate of drug-likeness (QED) is 0.234. The number of carboxylic acid groups (broad SMARTS) is 1. The first-order valence-corrected chi connectivity index (χ1v) is 6.90. The highest BCUT2D eigenvalue weighted by Crippen LogP contribution is 2.20. The van der Waals surface area contributed by atoms with Gasteiger partial charge in [-0.3, -0.25) is 4.79 Å². The van der Waals surface area contributed by atoms with E-state index in [2.05, 4.69) is 5.32 Å². The standard InChI is InChI=1S/C12H22N2O8/c13-4-2-1-3-5(11(19)20)14-10(18)9-7(16)6(15)8(17)12(21)22-9/h5-9,12,15-17,21H,1-4,13H2,(H,14,18)(H,19,20)/t5-,6-,7+,8+,9-,12-/m0/s1. The second-order valence-electron chi connectivity index (χ2n) is 5.10. The maximum absolute atomic E-state index is 12.0. The van der Waals surface area contributed by atoms with Gasteiger partial charge in [0.05, 0.1) is 0 Å². The zero-order chi connectivity index (χ0) is 16.9. The summed E-state index contributed by atoms with van der Waals surface area (Å²) in [7, 11) is 0. The molecule has 10 nitrogen and oxygen atoms in total. The normalized spacial score (nSPS) is 33.2. The molecule has 22 heavy (non-hydrogen) atoms. The lowest BCUT2D eigenvalue weighted by molar-refractivity contribution is -0.275. The van der Waals surface area contributed by atoms with Crippen molar-refractivity contribution in [2.75, 3.05) is 6.54 Å². The summed E-state index contributed by atoms with van der Waals surface area (Å²) in [5.74, 6) is -2.27. The molecule has 0 aliphatic carbocycles. The molecular formula is C12H22N2O8. The van der Waals surface area contributed by atoms with Gasteiger partial charge >= 0.3 is 5.97 Å². The Morgan fingerprint density at radius 3 is 2.27 bits per heavy atom. The summed E-state index contributed by atoms with van der Waals surface area (Å²) in [6.45, 7) is 0.390. The van der Waals surface area contributed by atoms with Crippen molar-refractivity contribution in [3.05, 3.63) is 0 Å². The largest absolute Gasteiger partial charge is 0.480 e. The Kier molecular flexibility index (Phi) is 7.13. The summed E-state index contributed by atoms with van der Waals surface area (Å²) >= 11 is 0. The zero-order valence-electron chi connectivity index (χ0n) is 11.8. The molecule has 0 unspecified atom stereocenters. The predicted molar refractivity (Wildman–Crippen MR) is 71.4 cm³/mol. The molecule has 0 saturated carbocycles. The number of hydrogen-bond acceptors (Lipinski definition) is 8. The second kappa shape index (κ2) is 8.36. The number of rotatable bonds is 7. The van der Waals surface area contributed by atoms with Gasteiger partial charge in [0.15, 0.2) is 12.4 Å². The van der Waals surface area contributed by atoms with Crippen LogP contribution in [0.1, 0.15) is 19.3 Å². The van der Waals surface area contributed by atoms with E-state index in [-0.39, 0.29) is 6.42 Å². The SMILES string of the molecule is NCCCC[C@H](NC(=O)[C@H]1O[C@H](O)[C@H](O)[C@@H](O)[C@H]1O)C(=O)O. The molecule has 1 aliphatic heterocycles. The Morgan fingerprint density at radius 1 is 1.09 bits per heavy atom. The minimum atomic E-state index is -1.87. The molecule has 0 aromatic heterocycles. The lowest BCUT2D eigenvalue weighted by Crippen LogP contribution is -2.62. The monoisotopic (exact) mass is 322 g/mol. The zero-order valence-corrected chi connectivity index (χ0v) is 11.8. The molecule has 1 heterocycles. The smallest absolute Gasteiger partial charge is 0.326 e. The van der Waals surface area contributed by atoms with Gasteiger partial charge in [0.1, 0.15) is 24.4 Å².